The fourth-order valence-electron chi connectivity index (χ4n) is 2.18. The van der Waals surface area contributed by atoms with Gasteiger partial charge in [0.1, 0.15) is 5.82 Å². The minimum atomic E-state index is -4.61. The van der Waals surface area contributed by atoms with E-state index in [0.29, 0.717) is 5.02 Å². The Kier molecular flexibility index (Phi) is 6.66. The molecule has 0 aliphatic heterocycles. The average molecular weight is 389 g/mol. The van der Waals surface area contributed by atoms with Crippen LogP contribution in [0, 0.1) is 5.92 Å². The Labute approximate surface area is 154 Å². The second-order valence-corrected chi connectivity index (χ2v) is 6.56. The van der Waals surface area contributed by atoms with Gasteiger partial charge in [-0.1, -0.05) is 37.6 Å². The van der Waals surface area contributed by atoms with Gasteiger partial charge >= 0.3 is 6.18 Å². The molecule has 142 valence electrons. The zero-order valence-corrected chi connectivity index (χ0v) is 15.1. The highest BCUT2D eigenvalue weighted by molar-refractivity contribution is 6.30. The number of anilines is 2. The first-order chi connectivity index (χ1) is 12.2. The Hall–Kier alpha value is -2.06. The lowest BCUT2D eigenvalue weighted by molar-refractivity contribution is -0.141. The van der Waals surface area contributed by atoms with Gasteiger partial charge in [0.2, 0.25) is 5.95 Å². The van der Waals surface area contributed by atoms with Gasteiger partial charge in [-0.25, -0.2) is 4.98 Å². The van der Waals surface area contributed by atoms with Crippen molar-refractivity contribution >= 4 is 23.4 Å². The summed E-state index contributed by atoms with van der Waals surface area (Å²) in [7, 11) is 0. The molecule has 0 fully saturated rings. The van der Waals surface area contributed by atoms with E-state index in [1.807, 2.05) is 13.8 Å². The first-order valence-corrected chi connectivity index (χ1v) is 8.39. The lowest BCUT2D eigenvalue weighted by atomic mass is 10.1. The van der Waals surface area contributed by atoms with Crippen LogP contribution in [0.15, 0.2) is 30.3 Å². The van der Waals surface area contributed by atoms with Crippen molar-refractivity contribution in [2.45, 2.75) is 32.6 Å². The number of aromatic nitrogens is 2. The Morgan fingerprint density at radius 2 is 1.92 bits per heavy atom. The van der Waals surface area contributed by atoms with Crippen LogP contribution >= 0.6 is 11.6 Å². The molecule has 0 spiro atoms. The highest BCUT2D eigenvalue weighted by Crippen LogP contribution is 2.30. The van der Waals surface area contributed by atoms with Gasteiger partial charge in [-0.2, -0.15) is 18.2 Å². The Morgan fingerprint density at radius 3 is 2.50 bits per heavy atom. The maximum Gasteiger partial charge on any atom is 0.433 e. The number of hydrogen-bond acceptors (Lipinski definition) is 5. The monoisotopic (exact) mass is 388 g/mol. The van der Waals surface area contributed by atoms with Crippen LogP contribution in [0.25, 0.3) is 0 Å². The van der Waals surface area contributed by atoms with Gasteiger partial charge in [0.05, 0.1) is 12.6 Å². The van der Waals surface area contributed by atoms with E-state index >= 15 is 0 Å². The Balaban J connectivity index is 2.25. The topological polar surface area (TPSA) is 70.1 Å². The van der Waals surface area contributed by atoms with E-state index in [1.54, 1.807) is 24.3 Å². The Bertz CT molecular complexity index is 740. The predicted molar refractivity (Wildman–Crippen MR) is 95.1 cm³/mol. The summed E-state index contributed by atoms with van der Waals surface area (Å²) in [6.45, 7) is 3.67. The molecule has 0 radical (unpaired) electrons. The number of aliphatic hydroxyl groups is 1. The fourth-order valence-corrected chi connectivity index (χ4v) is 2.39. The fraction of sp³-hybridized carbons (Fsp3) is 0.412. The number of nitrogens with zero attached hydrogens (tertiary/aromatic N) is 2. The van der Waals surface area contributed by atoms with Crippen LogP contribution in [0.3, 0.4) is 0 Å². The first-order valence-electron chi connectivity index (χ1n) is 8.01. The summed E-state index contributed by atoms with van der Waals surface area (Å²) in [6.07, 6.45) is -4.61. The van der Waals surface area contributed by atoms with Crippen molar-refractivity contribution in [3.63, 3.8) is 0 Å². The van der Waals surface area contributed by atoms with Crippen LogP contribution in [0.5, 0.6) is 0 Å². The maximum absolute atomic E-state index is 13.1. The molecule has 1 heterocycles. The number of halogens is 4. The van der Waals surface area contributed by atoms with Crippen LogP contribution in [0.1, 0.15) is 25.1 Å². The summed E-state index contributed by atoms with van der Waals surface area (Å²) in [6, 6.07) is 7.35. The Morgan fingerprint density at radius 1 is 1.19 bits per heavy atom. The molecule has 1 atom stereocenters. The van der Waals surface area contributed by atoms with Gasteiger partial charge in [0, 0.05) is 17.6 Å². The molecule has 0 bridgehead atoms. The zero-order valence-electron chi connectivity index (χ0n) is 14.3. The van der Waals surface area contributed by atoms with E-state index < -0.39 is 17.9 Å². The van der Waals surface area contributed by atoms with Gasteiger partial charge < -0.3 is 15.7 Å². The highest BCUT2D eigenvalue weighted by atomic mass is 35.5. The van der Waals surface area contributed by atoms with Crippen LogP contribution < -0.4 is 10.6 Å². The SMILES string of the molecule is CC(C)[C@@H](CO)Nc1nc(NCc2cccc(Cl)c2)cc(C(F)(F)F)n1. The van der Waals surface area contributed by atoms with Crippen LogP contribution in [-0.2, 0) is 12.7 Å². The van der Waals surface area contributed by atoms with E-state index in [0.717, 1.165) is 11.6 Å². The summed E-state index contributed by atoms with van der Waals surface area (Å²) in [4.78, 5) is 7.60. The number of alkyl halides is 3. The van der Waals surface area contributed by atoms with Gasteiger partial charge in [-0.3, -0.25) is 0 Å². The second-order valence-electron chi connectivity index (χ2n) is 6.12. The molecule has 0 amide bonds. The molecule has 2 rings (SSSR count). The zero-order chi connectivity index (χ0) is 19.3. The average Bonchev–Trinajstić information content (AvgIpc) is 2.57. The maximum atomic E-state index is 13.1. The summed E-state index contributed by atoms with van der Waals surface area (Å²) in [5, 5.41) is 15.5. The van der Waals surface area contributed by atoms with Crippen molar-refractivity contribution in [2.24, 2.45) is 5.92 Å². The third-order valence-corrected chi connectivity index (χ3v) is 3.93. The van der Waals surface area contributed by atoms with E-state index in [2.05, 4.69) is 20.6 Å². The van der Waals surface area contributed by atoms with Crippen molar-refractivity contribution in [3.05, 3.63) is 46.6 Å². The molecule has 1 aromatic heterocycles. The molecule has 0 unspecified atom stereocenters. The molecule has 0 aliphatic carbocycles. The van der Waals surface area contributed by atoms with Gasteiger partial charge in [-0.15, -0.1) is 0 Å². The van der Waals surface area contributed by atoms with E-state index in [9.17, 15) is 18.3 Å². The van der Waals surface area contributed by atoms with Crippen LogP contribution in [0.4, 0.5) is 24.9 Å². The summed E-state index contributed by atoms with van der Waals surface area (Å²) < 4.78 is 39.4. The van der Waals surface area contributed by atoms with Crippen molar-refractivity contribution in [1.29, 1.82) is 0 Å². The van der Waals surface area contributed by atoms with E-state index in [-0.39, 0.29) is 30.8 Å². The van der Waals surface area contributed by atoms with Crippen LogP contribution in [-0.4, -0.2) is 27.7 Å². The quantitative estimate of drug-likeness (QED) is 0.663. The van der Waals surface area contributed by atoms with Crippen molar-refractivity contribution in [1.82, 2.24) is 9.97 Å². The summed E-state index contributed by atoms with van der Waals surface area (Å²) in [5.74, 6) is -0.183. The van der Waals surface area contributed by atoms with Gasteiger partial charge in [0.25, 0.3) is 0 Å². The standard InChI is InChI=1S/C17H20ClF3N4O/c1-10(2)13(9-26)23-16-24-14(17(19,20)21)7-15(25-16)22-8-11-4-3-5-12(18)6-11/h3-7,10,13,26H,8-9H2,1-2H3,(H2,22,23,24,25)/t13-/m1/s1. The third kappa shape index (κ3) is 5.74. The molecular weight excluding hydrogens is 369 g/mol. The lowest BCUT2D eigenvalue weighted by Gasteiger charge is -2.21. The second kappa shape index (κ2) is 8.55. The smallest absolute Gasteiger partial charge is 0.394 e. The van der Waals surface area contributed by atoms with Crippen LogP contribution in [0.2, 0.25) is 5.02 Å². The number of benzene rings is 1. The minimum absolute atomic E-state index is 0.0130. The summed E-state index contributed by atoms with van der Waals surface area (Å²) in [5.41, 5.74) is -0.265. The van der Waals surface area contributed by atoms with Crippen molar-refractivity contribution in [3.8, 4) is 0 Å². The molecule has 3 N–H and O–H groups in total. The molecule has 0 aliphatic rings. The number of aliphatic hydroxyl groups excluding tert-OH is 1. The number of hydrogen-bond donors (Lipinski definition) is 3. The van der Waals surface area contributed by atoms with Gasteiger partial charge in [0.15, 0.2) is 5.69 Å². The normalized spacial score (nSPS) is 12.9. The summed E-state index contributed by atoms with van der Waals surface area (Å²) >= 11 is 5.90. The number of rotatable bonds is 7. The van der Waals surface area contributed by atoms with Crippen molar-refractivity contribution in [2.75, 3.05) is 17.2 Å². The highest BCUT2D eigenvalue weighted by Gasteiger charge is 2.34. The predicted octanol–water partition coefficient (Wildman–Crippen LogP) is 4.19. The first kappa shape index (κ1) is 20.3. The molecule has 26 heavy (non-hydrogen) atoms. The molecule has 9 heteroatoms. The van der Waals surface area contributed by atoms with Crippen molar-refractivity contribution < 1.29 is 18.3 Å². The molecule has 5 nitrogen and oxygen atoms in total. The lowest BCUT2D eigenvalue weighted by Crippen LogP contribution is -2.30. The number of nitrogens with one attached hydrogen (secondary N) is 2. The largest absolute Gasteiger partial charge is 0.433 e. The van der Waals surface area contributed by atoms with E-state index in [1.165, 1.54) is 0 Å². The molecular formula is C17H20ClF3N4O. The molecule has 2 aromatic rings. The molecule has 0 saturated heterocycles. The van der Waals surface area contributed by atoms with Gasteiger partial charge in [-0.05, 0) is 23.6 Å². The third-order valence-electron chi connectivity index (χ3n) is 3.70. The van der Waals surface area contributed by atoms with E-state index in [4.69, 9.17) is 11.6 Å². The molecule has 0 saturated carbocycles. The minimum Gasteiger partial charge on any atom is -0.394 e. The molecule has 1 aromatic carbocycles.